The summed E-state index contributed by atoms with van der Waals surface area (Å²) in [6.45, 7) is 0.440. The minimum Gasteiger partial charge on any atom is -0.489 e. The fourth-order valence-electron chi connectivity index (χ4n) is 1.62. The van der Waals surface area contributed by atoms with Gasteiger partial charge in [0.2, 0.25) is 5.88 Å². The molecule has 1 aromatic heterocycles. The number of halogens is 1. The number of benzene rings is 1. The van der Waals surface area contributed by atoms with E-state index in [4.69, 9.17) is 9.47 Å². The topological polar surface area (TPSA) is 60.5 Å². The van der Waals surface area contributed by atoms with E-state index < -0.39 is 5.82 Å². The predicted octanol–water partition coefficient (Wildman–Crippen LogP) is 2.04. The van der Waals surface area contributed by atoms with Crippen molar-refractivity contribution in [3.63, 3.8) is 0 Å². The van der Waals surface area contributed by atoms with Crippen molar-refractivity contribution in [3.8, 4) is 11.6 Å². The summed E-state index contributed by atoms with van der Waals surface area (Å²) in [7, 11) is 1.50. The first-order valence-electron chi connectivity index (χ1n) is 6.36. The molecule has 1 amide bonds. The molecule has 1 heterocycles. The molecule has 0 aliphatic heterocycles. The molecule has 21 heavy (non-hydrogen) atoms. The molecule has 0 aliphatic carbocycles. The van der Waals surface area contributed by atoms with Crippen LogP contribution in [0.1, 0.15) is 10.4 Å². The van der Waals surface area contributed by atoms with Crippen LogP contribution in [0.3, 0.4) is 0 Å². The number of methoxy groups -OCH3 is 1. The van der Waals surface area contributed by atoms with Gasteiger partial charge in [0.25, 0.3) is 5.91 Å². The molecular formula is C15H15FN2O3. The fraction of sp³-hybridized carbons (Fsp3) is 0.200. The predicted molar refractivity (Wildman–Crippen MR) is 75.0 cm³/mol. The van der Waals surface area contributed by atoms with E-state index in [0.717, 1.165) is 0 Å². The Kier molecular flexibility index (Phi) is 5.09. The highest BCUT2D eigenvalue weighted by atomic mass is 19.1. The van der Waals surface area contributed by atoms with E-state index in [-0.39, 0.29) is 24.8 Å². The standard InChI is InChI=1S/C15H15FN2O3/c1-20-14-7-6-11(10-18-14)15(19)17-8-9-21-13-5-3-2-4-12(13)16/h2-7,10H,8-9H2,1H3,(H,17,19). The number of nitrogens with zero attached hydrogens (tertiary/aromatic N) is 1. The van der Waals surface area contributed by atoms with Gasteiger partial charge in [-0.15, -0.1) is 0 Å². The van der Waals surface area contributed by atoms with Crippen LogP contribution in [0.15, 0.2) is 42.6 Å². The zero-order chi connectivity index (χ0) is 15.1. The van der Waals surface area contributed by atoms with E-state index in [1.807, 2.05) is 0 Å². The first-order chi connectivity index (χ1) is 10.2. The Hall–Kier alpha value is -2.63. The van der Waals surface area contributed by atoms with E-state index in [1.165, 1.54) is 25.4 Å². The maximum Gasteiger partial charge on any atom is 0.252 e. The first kappa shape index (κ1) is 14.8. The first-order valence-corrected chi connectivity index (χ1v) is 6.36. The lowest BCUT2D eigenvalue weighted by atomic mass is 10.2. The molecule has 0 fully saturated rings. The second-order valence-electron chi connectivity index (χ2n) is 4.12. The van der Waals surface area contributed by atoms with Gasteiger partial charge in [-0.05, 0) is 18.2 Å². The monoisotopic (exact) mass is 290 g/mol. The van der Waals surface area contributed by atoms with Gasteiger partial charge in [-0.2, -0.15) is 0 Å². The number of amides is 1. The van der Waals surface area contributed by atoms with Gasteiger partial charge in [0.1, 0.15) is 6.61 Å². The molecule has 1 N–H and O–H groups in total. The van der Waals surface area contributed by atoms with Crippen molar-refractivity contribution >= 4 is 5.91 Å². The third-order valence-corrected chi connectivity index (χ3v) is 2.69. The van der Waals surface area contributed by atoms with Gasteiger partial charge in [-0.25, -0.2) is 9.37 Å². The van der Waals surface area contributed by atoms with Crippen LogP contribution in [0.25, 0.3) is 0 Å². The number of aromatic nitrogens is 1. The highest BCUT2D eigenvalue weighted by molar-refractivity contribution is 5.93. The second-order valence-corrected chi connectivity index (χ2v) is 4.12. The Morgan fingerprint density at radius 3 is 2.76 bits per heavy atom. The number of ether oxygens (including phenoxy) is 2. The maximum atomic E-state index is 13.3. The minimum atomic E-state index is -0.428. The van der Waals surface area contributed by atoms with E-state index in [2.05, 4.69) is 10.3 Å². The number of carbonyl (C=O) groups excluding carboxylic acids is 1. The van der Waals surface area contributed by atoms with Crippen molar-refractivity contribution in [3.05, 3.63) is 54.0 Å². The van der Waals surface area contributed by atoms with Crippen LogP contribution in [0.5, 0.6) is 11.6 Å². The summed E-state index contributed by atoms with van der Waals surface area (Å²) in [4.78, 5) is 15.7. The maximum absolute atomic E-state index is 13.3. The molecule has 2 rings (SSSR count). The van der Waals surface area contributed by atoms with Crippen LogP contribution in [-0.4, -0.2) is 31.2 Å². The molecule has 0 unspecified atom stereocenters. The van der Waals surface area contributed by atoms with Gasteiger partial charge >= 0.3 is 0 Å². The third kappa shape index (κ3) is 4.17. The molecular weight excluding hydrogens is 275 g/mol. The lowest BCUT2D eigenvalue weighted by molar-refractivity contribution is 0.0946. The highest BCUT2D eigenvalue weighted by Crippen LogP contribution is 2.14. The second kappa shape index (κ2) is 7.23. The van der Waals surface area contributed by atoms with Crippen molar-refractivity contribution in [2.75, 3.05) is 20.3 Å². The van der Waals surface area contributed by atoms with Crippen molar-refractivity contribution in [2.24, 2.45) is 0 Å². The molecule has 0 saturated heterocycles. The number of rotatable bonds is 6. The number of carbonyl (C=O) groups is 1. The Labute approximate surface area is 121 Å². The zero-order valence-electron chi connectivity index (χ0n) is 11.5. The van der Waals surface area contributed by atoms with Gasteiger partial charge in [-0.1, -0.05) is 12.1 Å². The SMILES string of the molecule is COc1ccc(C(=O)NCCOc2ccccc2F)cn1. The van der Waals surface area contributed by atoms with Crippen LogP contribution < -0.4 is 14.8 Å². The van der Waals surface area contributed by atoms with Crippen LogP contribution in [0.4, 0.5) is 4.39 Å². The van der Waals surface area contributed by atoms with E-state index >= 15 is 0 Å². The van der Waals surface area contributed by atoms with Crippen molar-refractivity contribution in [1.82, 2.24) is 10.3 Å². The summed E-state index contributed by atoms with van der Waals surface area (Å²) >= 11 is 0. The van der Waals surface area contributed by atoms with Crippen molar-refractivity contribution < 1.29 is 18.7 Å². The summed E-state index contributed by atoms with van der Waals surface area (Å²) in [5.74, 6) is -0.0993. The summed E-state index contributed by atoms with van der Waals surface area (Å²) in [5, 5.41) is 2.66. The molecule has 0 bridgehead atoms. The lowest BCUT2D eigenvalue weighted by Crippen LogP contribution is -2.28. The molecule has 6 heteroatoms. The molecule has 0 saturated carbocycles. The van der Waals surface area contributed by atoms with E-state index in [1.54, 1.807) is 24.3 Å². The third-order valence-electron chi connectivity index (χ3n) is 2.69. The van der Waals surface area contributed by atoms with Crippen LogP contribution in [0, 0.1) is 5.82 Å². The zero-order valence-corrected chi connectivity index (χ0v) is 11.5. The lowest BCUT2D eigenvalue weighted by Gasteiger charge is -2.08. The van der Waals surface area contributed by atoms with Crippen LogP contribution >= 0.6 is 0 Å². The van der Waals surface area contributed by atoms with Crippen LogP contribution in [0.2, 0.25) is 0 Å². The number of para-hydroxylation sites is 1. The number of nitrogens with one attached hydrogen (secondary N) is 1. The highest BCUT2D eigenvalue weighted by Gasteiger charge is 2.06. The van der Waals surface area contributed by atoms with Gasteiger partial charge in [0.05, 0.1) is 19.2 Å². The molecule has 0 atom stereocenters. The molecule has 0 aliphatic rings. The fourth-order valence-corrected chi connectivity index (χ4v) is 1.62. The Morgan fingerprint density at radius 2 is 2.10 bits per heavy atom. The van der Waals surface area contributed by atoms with Crippen molar-refractivity contribution in [2.45, 2.75) is 0 Å². The summed E-state index contributed by atoms with van der Waals surface area (Å²) in [6, 6.07) is 9.33. The molecule has 1 aromatic carbocycles. The quantitative estimate of drug-likeness (QED) is 0.827. The average Bonchev–Trinajstić information content (AvgIpc) is 2.53. The van der Waals surface area contributed by atoms with Crippen LogP contribution in [-0.2, 0) is 0 Å². The summed E-state index contributed by atoms with van der Waals surface area (Å²) < 4.78 is 23.4. The summed E-state index contributed by atoms with van der Waals surface area (Å²) in [6.07, 6.45) is 1.42. The normalized spacial score (nSPS) is 10.0. The Balaban J connectivity index is 1.77. The summed E-state index contributed by atoms with van der Waals surface area (Å²) in [5.41, 5.74) is 0.418. The number of hydrogen-bond donors (Lipinski definition) is 1. The Bertz CT molecular complexity index is 602. The van der Waals surface area contributed by atoms with Gasteiger partial charge in [0.15, 0.2) is 11.6 Å². The smallest absolute Gasteiger partial charge is 0.252 e. The molecule has 5 nitrogen and oxygen atoms in total. The average molecular weight is 290 g/mol. The van der Waals surface area contributed by atoms with E-state index in [0.29, 0.717) is 11.4 Å². The molecule has 110 valence electrons. The molecule has 2 aromatic rings. The number of hydrogen-bond acceptors (Lipinski definition) is 4. The van der Waals surface area contributed by atoms with Gasteiger partial charge < -0.3 is 14.8 Å². The van der Waals surface area contributed by atoms with Gasteiger partial charge in [-0.3, -0.25) is 4.79 Å². The largest absolute Gasteiger partial charge is 0.489 e. The molecule has 0 spiro atoms. The molecule has 0 radical (unpaired) electrons. The van der Waals surface area contributed by atoms with Gasteiger partial charge in [0, 0.05) is 12.3 Å². The van der Waals surface area contributed by atoms with E-state index in [9.17, 15) is 9.18 Å². The Morgan fingerprint density at radius 1 is 1.29 bits per heavy atom. The number of pyridine rings is 1. The minimum absolute atomic E-state index is 0.165. The van der Waals surface area contributed by atoms with Crippen molar-refractivity contribution in [1.29, 1.82) is 0 Å².